The fraction of sp³-hybridized carbons (Fsp3) is 0.238. The van der Waals surface area contributed by atoms with E-state index in [1.165, 1.54) is 16.9 Å². The molecule has 0 bridgehead atoms. The van der Waals surface area contributed by atoms with Gasteiger partial charge in [0.1, 0.15) is 0 Å². The molecule has 3 aromatic rings. The molecule has 8 heteroatoms. The van der Waals surface area contributed by atoms with Crippen LogP contribution in [0.3, 0.4) is 0 Å². The molecule has 1 fully saturated rings. The molecule has 0 atom stereocenters. The Bertz CT molecular complexity index is 1090. The van der Waals surface area contributed by atoms with Gasteiger partial charge >= 0.3 is 6.18 Å². The third-order valence-electron chi connectivity index (χ3n) is 4.81. The van der Waals surface area contributed by atoms with Crippen molar-refractivity contribution in [2.75, 3.05) is 5.32 Å². The fourth-order valence-electron chi connectivity index (χ4n) is 3.21. The number of halogens is 4. The van der Waals surface area contributed by atoms with E-state index < -0.39 is 11.7 Å². The van der Waals surface area contributed by atoms with E-state index >= 15 is 0 Å². The van der Waals surface area contributed by atoms with Gasteiger partial charge in [-0.2, -0.15) is 18.3 Å². The fourth-order valence-corrected chi connectivity index (χ4v) is 3.81. The van der Waals surface area contributed by atoms with Crippen molar-refractivity contribution in [1.82, 2.24) is 9.78 Å². The highest BCUT2D eigenvalue weighted by molar-refractivity contribution is 9.10. The minimum absolute atomic E-state index is 0.106. The molecule has 1 N–H and O–H groups in total. The molecule has 1 saturated carbocycles. The van der Waals surface area contributed by atoms with Gasteiger partial charge in [0.15, 0.2) is 0 Å². The zero-order chi connectivity index (χ0) is 20.8. The summed E-state index contributed by atoms with van der Waals surface area (Å²) in [6.45, 7) is 1.95. The van der Waals surface area contributed by atoms with Gasteiger partial charge in [0.25, 0.3) is 5.91 Å². The van der Waals surface area contributed by atoms with Gasteiger partial charge in [0, 0.05) is 10.4 Å². The summed E-state index contributed by atoms with van der Waals surface area (Å²) in [6.07, 6.45) is -1.27. The van der Waals surface area contributed by atoms with Crippen molar-refractivity contribution in [2.45, 2.75) is 31.9 Å². The first-order valence-corrected chi connectivity index (χ1v) is 9.86. The van der Waals surface area contributed by atoms with Crippen molar-refractivity contribution in [2.24, 2.45) is 0 Å². The molecule has 1 amide bonds. The maximum absolute atomic E-state index is 13.1. The highest BCUT2D eigenvalue weighted by Crippen LogP contribution is 2.43. The predicted octanol–water partition coefficient (Wildman–Crippen LogP) is 6.09. The van der Waals surface area contributed by atoms with Gasteiger partial charge in [0.05, 0.1) is 34.4 Å². The monoisotopic (exact) mass is 463 g/mol. The average molecular weight is 464 g/mol. The van der Waals surface area contributed by atoms with Gasteiger partial charge in [-0.1, -0.05) is 12.1 Å². The second kappa shape index (κ2) is 7.33. The van der Waals surface area contributed by atoms with Crippen LogP contribution in [0.15, 0.2) is 53.1 Å². The number of aryl methyl sites for hydroxylation is 1. The molecule has 0 aliphatic heterocycles. The molecule has 0 spiro atoms. The van der Waals surface area contributed by atoms with Gasteiger partial charge in [0.2, 0.25) is 0 Å². The molecule has 1 aliphatic rings. The molecule has 1 heterocycles. The average Bonchev–Trinajstić information content (AvgIpc) is 3.41. The van der Waals surface area contributed by atoms with E-state index in [0.717, 1.165) is 35.0 Å². The first kappa shape index (κ1) is 19.7. The number of nitrogens with one attached hydrogen (secondary N) is 1. The standard InChI is InChI=1S/C21H17BrF3N3O/c1-12-5-8-18(17(22)9-12)27-20(29)16-11-26-28(19(16)13-6-7-13)15-4-2-3-14(10-15)21(23,24)25/h2-5,8-11,13H,6-7H2,1H3,(H,27,29). The summed E-state index contributed by atoms with van der Waals surface area (Å²) in [5.74, 6) is -0.232. The number of hydrogen-bond acceptors (Lipinski definition) is 2. The summed E-state index contributed by atoms with van der Waals surface area (Å²) < 4.78 is 41.5. The van der Waals surface area contributed by atoms with Gasteiger partial charge < -0.3 is 5.32 Å². The molecule has 0 unspecified atom stereocenters. The molecule has 29 heavy (non-hydrogen) atoms. The van der Waals surface area contributed by atoms with Crippen molar-refractivity contribution in [3.05, 3.63) is 75.5 Å². The number of rotatable bonds is 4. The number of alkyl halides is 3. The maximum atomic E-state index is 13.1. The van der Waals surface area contributed by atoms with E-state index in [1.54, 1.807) is 12.1 Å². The van der Waals surface area contributed by atoms with Crippen LogP contribution in [0.5, 0.6) is 0 Å². The number of hydrogen-bond donors (Lipinski definition) is 1. The largest absolute Gasteiger partial charge is 0.416 e. The third kappa shape index (κ3) is 4.07. The van der Waals surface area contributed by atoms with Crippen molar-refractivity contribution in [3.8, 4) is 5.69 Å². The minimum Gasteiger partial charge on any atom is -0.321 e. The zero-order valence-electron chi connectivity index (χ0n) is 15.4. The lowest BCUT2D eigenvalue weighted by atomic mass is 10.1. The van der Waals surface area contributed by atoms with E-state index in [4.69, 9.17) is 0 Å². The van der Waals surface area contributed by atoms with Crippen LogP contribution < -0.4 is 5.32 Å². The van der Waals surface area contributed by atoms with Crippen LogP contribution in [0.1, 0.15) is 45.9 Å². The number of carbonyl (C=O) groups is 1. The molecule has 0 saturated heterocycles. The number of nitrogens with zero attached hydrogens (tertiary/aromatic N) is 2. The number of carbonyl (C=O) groups excluding carboxylic acids is 1. The van der Waals surface area contributed by atoms with Crippen LogP contribution >= 0.6 is 15.9 Å². The van der Waals surface area contributed by atoms with Gasteiger partial charge in [-0.15, -0.1) is 0 Å². The van der Waals surface area contributed by atoms with Crippen molar-refractivity contribution < 1.29 is 18.0 Å². The molecular formula is C21H17BrF3N3O. The van der Waals surface area contributed by atoms with Crippen molar-refractivity contribution in [1.29, 1.82) is 0 Å². The van der Waals surface area contributed by atoms with E-state index in [1.807, 2.05) is 19.1 Å². The molecule has 4 rings (SSSR count). The molecule has 0 radical (unpaired) electrons. The SMILES string of the molecule is Cc1ccc(NC(=O)c2cnn(-c3cccc(C(F)(F)F)c3)c2C2CC2)c(Br)c1. The smallest absolute Gasteiger partial charge is 0.321 e. The van der Waals surface area contributed by atoms with Crippen molar-refractivity contribution in [3.63, 3.8) is 0 Å². The Kier molecular flexibility index (Phi) is 4.98. The lowest BCUT2D eigenvalue weighted by Gasteiger charge is -2.12. The summed E-state index contributed by atoms with van der Waals surface area (Å²) in [6, 6.07) is 10.6. The summed E-state index contributed by atoms with van der Waals surface area (Å²) in [5.41, 5.74) is 2.22. The number of anilines is 1. The Morgan fingerprint density at radius 1 is 1.21 bits per heavy atom. The molecule has 2 aromatic carbocycles. The van der Waals surface area contributed by atoms with Crippen LogP contribution in [-0.4, -0.2) is 15.7 Å². The van der Waals surface area contributed by atoms with Crippen LogP contribution in [0.4, 0.5) is 18.9 Å². The predicted molar refractivity (Wildman–Crippen MR) is 107 cm³/mol. The Hall–Kier alpha value is -2.61. The normalized spacial score (nSPS) is 14.1. The van der Waals surface area contributed by atoms with E-state index in [9.17, 15) is 18.0 Å². The Morgan fingerprint density at radius 2 is 1.97 bits per heavy atom. The maximum Gasteiger partial charge on any atom is 0.416 e. The number of amides is 1. The quantitative estimate of drug-likeness (QED) is 0.508. The lowest BCUT2D eigenvalue weighted by Crippen LogP contribution is -2.15. The minimum atomic E-state index is -4.44. The molecule has 150 valence electrons. The second-order valence-corrected chi connectivity index (χ2v) is 7.97. The van der Waals surface area contributed by atoms with Gasteiger partial charge in [-0.05, 0) is 71.6 Å². The molecule has 4 nitrogen and oxygen atoms in total. The van der Waals surface area contributed by atoms with Gasteiger partial charge in [-0.25, -0.2) is 4.68 Å². The van der Waals surface area contributed by atoms with E-state index in [-0.39, 0.29) is 17.5 Å². The highest BCUT2D eigenvalue weighted by Gasteiger charge is 2.34. The van der Waals surface area contributed by atoms with Crippen LogP contribution in [0.2, 0.25) is 0 Å². The summed E-state index contributed by atoms with van der Waals surface area (Å²) in [5, 5.41) is 7.10. The molecule has 1 aromatic heterocycles. The number of aromatic nitrogens is 2. The second-order valence-electron chi connectivity index (χ2n) is 7.12. The number of benzene rings is 2. The Labute approximate surface area is 173 Å². The summed E-state index contributed by atoms with van der Waals surface area (Å²) in [4.78, 5) is 12.9. The topological polar surface area (TPSA) is 46.9 Å². The van der Waals surface area contributed by atoms with Gasteiger partial charge in [-0.3, -0.25) is 4.79 Å². The molecule has 1 aliphatic carbocycles. The first-order valence-electron chi connectivity index (χ1n) is 9.07. The third-order valence-corrected chi connectivity index (χ3v) is 5.46. The van der Waals surface area contributed by atoms with E-state index in [2.05, 4.69) is 26.3 Å². The van der Waals surface area contributed by atoms with Crippen LogP contribution in [0, 0.1) is 6.92 Å². The van der Waals surface area contributed by atoms with E-state index in [0.29, 0.717) is 16.9 Å². The van der Waals surface area contributed by atoms with Crippen LogP contribution in [-0.2, 0) is 6.18 Å². The Morgan fingerprint density at radius 3 is 2.62 bits per heavy atom. The lowest BCUT2D eigenvalue weighted by molar-refractivity contribution is -0.137. The summed E-state index contributed by atoms with van der Waals surface area (Å²) in [7, 11) is 0. The van der Waals surface area contributed by atoms with Crippen molar-refractivity contribution >= 4 is 27.5 Å². The Balaban J connectivity index is 1.70. The summed E-state index contributed by atoms with van der Waals surface area (Å²) >= 11 is 3.43. The highest BCUT2D eigenvalue weighted by atomic mass is 79.9. The first-order chi connectivity index (χ1) is 13.7. The van der Waals surface area contributed by atoms with Crippen LogP contribution in [0.25, 0.3) is 5.69 Å². The molecular weight excluding hydrogens is 447 g/mol. The zero-order valence-corrected chi connectivity index (χ0v) is 17.0.